The highest BCUT2D eigenvalue weighted by Crippen LogP contribution is 2.13. The van der Waals surface area contributed by atoms with Crippen molar-refractivity contribution in [3.8, 4) is 0 Å². The van der Waals surface area contributed by atoms with Gasteiger partial charge < -0.3 is 25.4 Å². The minimum atomic E-state index is -0.563. The molecule has 1 amide bonds. The molecule has 0 saturated heterocycles. The van der Waals surface area contributed by atoms with Crippen LogP contribution in [0.5, 0.6) is 0 Å². The van der Waals surface area contributed by atoms with Gasteiger partial charge >= 0.3 is 0 Å². The van der Waals surface area contributed by atoms with E-state index in [4.69, 9.17) is 0 Å². The van der Waals surface area contributed by atoms with Crippen LogP contribution >= 0.6 is 0 Å². The van der Waals surface area contributed by atoms with Crippen LogP contribution in [0.2, 0.25) is 0 Å². The Morgan fingerprint density at radius 1 is 1.19 bits per heavy atom. The lowest BCUT2D eigenvalue weighted by molar-refractivity contribution is -0.128. The second kappa shape index (κ2) is 11.3. The van der Waals surface area contributed by atoms with Crippen molar-refractivity contribution >= 4 is 17.6 Å². The molecule has 0 unspecified atom stereocenters. The van der Waals surface area contributed by atoms with Crippen molar-refractivity contribution in [1.82, 2.24) is 30.7 Å². The minimum Gasteiger partial charge on any atom is -0.375 e. The normalized spacial score (nSPS) is 11.9. The summed E-state index contributed by atoms with van der Waals surface area (Å²) in [5.74, 6) is 2.26. The summed E-state index contributed by atoms with van der Waals surface area (Å²) < 4.78 is 1.92. The molecule has 1 aromatic heterocycles. The Morgan fingerprint density at radius 2 is 1.90 bits per heavy atom. The Morgan fingerprint density at radius 3 is 2.52 bits per heavy atom. The molecule has 0 spiro atoms. The Kier molecular flexibility index (Phi) is 8.84. The van der Waals surface area contributed by atoms with Crippen LogP contribution in [0.1, 0.15) is 31.9 Å². The number of carbonyl (C=O) groups excluding carboxylic acids is 1. The number of amides is 1. The predicted octanol–water partition coefficient (Wildman–Crippen LogP) is 1.46. The standard InChI is InChI=1S/C22H36N8O/c1-17-27-28-19(30(17)6)15-25-21(26-16-22(2,3)20(31)23-4)24-13-10-14-29(5)18-11-8-7-9-12-18/h7-9,11-12H,10,13-16H2,1-6H3,(H,23,31)(H2,24,25,26). The summed E-state index contributed by atoms with van der Waals surface area (Å²) in [7, 11) is 5.66. The maximum Gasteiger partial charge on any atom is 0.227 e. The fourth-order valence-electron chi connectivity index (χ4n) is 2.97. The predicted molar refractivity (Wildman–Crippen MR) is 125 cm³/mol. The number of rotatable bonds is 10. The van der Waals surface area contributed by atoms with E-state index in [9.17, 15) is 4.79 Å². The van der Waals surface area contributed by atoms with Gasteiger partial charge in [-0.1, -0.05) is 18.2 Å². The van der Waals surface area contributed by atoms with Crippen LogP contribution in [0, 0.1) is 12.3 Å². The molecule has 2 aromatic rings. The molecular formula is C22H36N8O. The van der Waals surface area contributed by atoms with Crippen LogP contribution in [-0.4, -0.2) is 60.4 Å². The zero-order chi connectivity index (χ0) is 22.9. The zero-order valence-corrected chi connectivity index (χ0v) is 19.6. The number of benzene rings is 1. The van der Waals surface area contributed by atoms with Crippen LogP contribution < -0.4 is 20.9 Å². The molecule has 0 aliphatic rings. The molecule has 170 valence electrons. The summed E-state index contributed by atoms with van der Waals surface area (Å²) in [6.07, 6.45) is 0.938. The van der Waals surface area contributed by atoms with Crippen molar-refractivity contribution in [1.29, 1.82) is 0 Å². The summed E-state index contributed by atoms with van der Waals surface area (Å²) in [6, 6.07) is 10.3. The van der Waals surface area contributed by atoms with Crippen LogP contribution in [-0.2, 0) is 18.4 Å². The largest absolute Gasteiger partial charge is 0.375 e. The minimum absolute atomic E-state index is 0.0206. The van der Waals surface area contributed by atoms with Gasteiger partial charge in [0.15, 0.2) is 11.8 Å². The van der Waals surface area contributed by atoms with Gasteiger partial charge in [0.25, 0.3) is 0 Å². The van der Waals surface area contributed by atoms with E-state index in [1.165, 1.54) is 5.69 Å². The topological polar surface area (TPSA) is 99.5 Å². The quantitative estimate of drug-likeness (QED) is 0.301. The van der Waals surface area contributed by atoms with E-state index < -0.39 is 5.41 Å². The first kappa shape index (κ1) is 24.2. The monoisotopic (exact) mass is 428 g/mol. The molecule has 0 aliphatic heterocycles. The molecular weight excluding hydrogens is 392 g/mol. The number of nitrogens with zero attached hydrogens (tertiary/aromatic N) is 5. The van der Waals surface area contributed by atoms with Crippen LogP contribution in [0.4, 0.5) is 5.69 Å². The average molecular weight is 429 g/mol. The Labute approximate surface area is 185 Å². The Hall–Kier alpha value is -3.10. The number of guanidine groups is 1. The van der Waals surface area contributed by atoms with E-state index in [1.54, 1.807) is 7.05 Å². The number of para-hydroxylation sites is 1. The highest BCUT2D eigenvalue weighted by molar-refractivity contribution is 5.84. The van der Waals surface area contributed by atoms with Gasteiger partial charge in [0, 0.05) is 46.5 Å². The Balaban J connectivity index is 1.95. The second-order valence-electron chi connectivity index (χ2n) is 8.24. The molecule has 1 heterocycles. The average Bonchev–Trinajstić information content (AvgIpc) is 3.09. The summed E-state index contributed by atoms with van der Waals surface area (Å²) >= 11 is 0. The van der Waals surface area contributed by atoms with Gasteiger partial charge in [0.2, 0.25) is 5.91 Å². The van der Waals surface area contributed by atoms with Gasteiger partial charge in [0.1, 0.15) is 12.4 Å². The number of nitrogens with one attached hydrogen (secondary N) is 3. The Bertz CT molecular complexity index is 860. The van der Waals surface area contributed by atoms with Crippen LogP contribution in [0.3, 0.4) is 0 Å². The first-order chi connectivity index (χ1) is 14.7. The molecule has 0 bridgehead atoms. The summed E-state index contributed by atoms with van der Waals surface area (Å²) in [5, 5.41) is 17.6. The van der Waals surface area contributed by atoms with E-state index in [2.05, 4.69) is 55.2 Å². The van der Waals surface area contributed by atoms with E-state index >= 15 is 0 Å². The molecule has 0 aliphatic carbocycles. The fourth-order valence-corrected chi connectivity index (χ4v) is 2.97. The highest BCUT2D eigenvalue weighted by Gasteiger charge is 2.26. The first-order valence-corrected chi connectivity index (χ1v) is 10.6. The van der Waals surface area contributed by atoms with Gasteiger partial charge in [-0.2, -0.15) is 0 Å². The van der Waals surface area contributed by atoms with Crippen molar-refractivity contribution in [3.63, 3.8) is 0 Å². The fraction of sp³-hybridized carbons (Fsp3) is 0.545. The number of aliphatic imine (C=N–C) groups is 1. The molecule has 9 nitrogen and oxygen atoms in total. The maximum atomic E-state index is 12.1. The van der Waals surface area contributed by atoms with E-state index in [-0.39, 0.29) is 5.91 Å². The molecule has 3 N–H and O–H groups in total. The summed E-state index contributed by atoms with van der Waals surface area (Å²) in [5.41, 5.74) is 0.631. The SMILES string of the molecule is CNC(=O)C(C)(C)CNC(=NCc1nnc(C)n1C)NCCCN(C)c1ccccc1. The number of aryl methyl sites for hydroxylation is 1. The van der Waals surface area contributed by atoms with Gasteiger partial charge in [-0.15, -0.1) is 10.2 Å². The number of aromatic nitrogens is 3. The molecule has 0 radical (unpaired) electrons. The summed E-state index contributed by atoms with van der Waals surface area (Å²) in [4.78, 5) is 19.0. The number of anilines is 1. The van der Waals surface area contributed by atoms with Crippen molar-refractivity contribution in [2.75, 3.05) is 38.6 Å². The highest BCUT2D eigenvalue weighted by atomic mass is 16.2. The van der Waals surface area contributed by atoms with E-state index in [1.807, 2.05) is 50.6 Å². The maximum absolute atomic E-state index is 12.1. The third-order valence-electron chi connectivity index (χ3n) is 5.26. The molecule has 1 aromatic carbocycles. The van der Waals surface area contributed by atoms with Crippen LogP contribution in [0.15, 0.2) is 35.3 Å². The van der Waals surface area contributed by atoms with Gasteiger partial charge in [-0.05, 0) is 39.3 Å². The molecule has 0 fully saturated rings. The van der Waals surface area contributed by atoms with Gasteiger partial charge in [-0.3, -0.25) is 4.79 Å². The molecule has 2 rings (SSSR count). The smallest absolute Gasteiger partial charge is 0.227 e. The third kappa shape index (κ3) is 7.27. The van der Waals surface area contributed by atoms with Gasteiger partial charge in [-0.25, -0.2) is 4.99 Å². The van der Waals surface area contributed by atoms with Crippen molar-refractivity contribution < 1.29 is 4.79 Å². The number of carbonyl (C=O) groups is 1. The van der Waals surface area contributed by atoms with Gasteiger partial charge in [0.05, 0.1) is 5.41 Å². The molecule has 31 heavy (non-hydrogen) atoms. The number of hydrogen-bond acceptors (Lipinski definition) is 5. The molecule has 0 saturated carbocycles. The zero-order valence-electron chi connectivity index (χ0n) is 19.6. The second-order valence-corrected chi connectivity index (χ2v) is 8.24. The molecule has 0 atom stereocenters. The van der Waals surface area contributed by atoms with Crippen molar-refractivity contribution in [2.24, 2.45) is 17.5 Å². The van der Waals surface area contributed by atoms with E-state index in [0.29, 0.717) is 19.0 Å². The lowest BCUT2D eigenvalue weighted by atomic mass is 9.92. The number of hydrogen-bond donors (Lipinski definition) is 3. The lowest BCUT2D eigenvalue weighted by Crippen LogP contribution is -2.47. The first-order valence-electron chi connectivity index (χ1n) is 10.6. The van der Waals surface area contributed by atoms with Crippen LogP contribution in [0.25, 0.3) is 0 Å². The summed E-state index contributed by atoms with van der Waals surface area (Å²) in [6.45, 7) is 8.23. The van der Waals surface area contributed by atoms with Crippen molar-refractivity contribution in [3.05, 3.63) is 42.0 Å². The lowest BCUT2D eigenvalue weighted by Gasteiger charge is -2.24. The van der Waals surface area contributed by atoms with E-state index in [0.717, 1.165) is 31.2 Å². The molecule has 9 heteroatoms. The van der Waals surface area contributed by atoms with Crippen molar-refractivity contribution in [2.45, 2.75) is 33.7 Å². The third-order valence-corrected chi connectivity index (χ3v) is 5.26.